The fourth-order valence-corrected chi connectivity index (χ4v) is 11.0. The minimum absolute atomic E-state index is 0.402. The quantitative estimate of drug-likeness (QED) is 0.180. The molecule has 12 rings (SSSR count). The van der Waals surface area contributed by atoms with Crippen LogP contribution in [0.1, 0.15) is 33.4 Å². The highest BCUT2D eigenvalue weighted by molar-refractivity contribution is 7.99. The molecule has 0 unspecified atom stereocenters. The van der Waals surface area contributed by atoms with Crippen LogP contribution in [0.25, 0.3) is 73.0 Å². The van der Waals surface area contributed by atoms with Crippen LogP contribution in [0, 0.1) is 0 Å². The standard InChI is InChI=1S/C54H34N2S/c1-2-13-35(14-3-1)48-33-49(40-31-38-17-10-15-36-16-11-18-39(32-40)51(36)38)56-53(55-48)37-29-27-34(28-30-37)41-21-12-25-47-52(41)57-50-26-9-8-24-46(50)54(47)44-22-6-4-19-42(44)43-20-5-7-23-45(43)54/h1-15,17-33H,16H2. The van der Waals surface area contributed by atoms with Gasteiger partial charge in [0.2, 0.25) is 0 Å². The summed E-state index contributed by atoms with van der Waals surface area (Å²) in [7, 11) is 0. The van der Waals surface area contributed by atoms with Gasteiger partial charge in [0.05, 0.1) is 16.8 Å². The van der Waals surface area contributed by atoms with Gasteiger partial charge in [-0.2, -0.15) is 0 Å². The van der Waals surface area contributed by atoms with E-state index in [-0.39, 0.29) is 0 Å². The minimum Gasteiger partial charge on any atom is -0.228 e. The maximum atomic E-state index is 5.27. The summed E-state index contributed by atoms with van der Waals surface area (Å²) < 4.78 is 0. The maximum Gasteiger partial charge on any atom is 0.160 e. The molecule has 8 aromatic carbocycles. The Kier molecular flexibility index (Phi) is 7.17. The van der Waals surface area contributed by atoms with Crippen molar-refractivity contribution in [1.29, 1.82) is 0 Å². The fourth-order valence-electron chi connectivity index (χ4n) is 9.69. The first-order valence-corrected chi connectivity index (χ1v) is 20.4. The lowest BCUT2D eigenvalue weighted by atomic mass is 9.67. The van der Waals surface area contributed by atoms with Crippen LogP contribution < -0.4 is 0 Å². The summed E-state index contributed by atoms with van der Waals surface area (Å²) in [5.74, 6) is 0.715. The Morgan fingerprint density at radius 2 is 1.09 bits per heavy atom. The smallest absolute Gasteiger partial charge is 0.160 e. The van der Waals surface area contributed by atoms with E-state index in [1.54, 1.807) is 0 Å². The van der Waals surface area contributed by atoms with Gasteiger partial charge in [-0.1, -0.05) is 182 Å². The molecule has 1 aliphatic heterocycles. The molecule has 0 amide bonds. The Hall–Kier alpha value is -6.81. The first-order valence-electron chi connectivity index (χ1n) is 19.6. The average molecular weight is 743 g/mol. The van der Waals surface area contributed by atoms with E-state index in [0.717, 1.165) is 34.5 Å². The fraction of sp³-hybridized carbons (Fsp3) is 0.0370. The highest BCUT2D eigenvalue weighted by Gasteiger charge is 2.50. The molecule has 3 heteroatoms. The molecule has 3 aliphatic rings. The summed E-state index contributed by atoms with van der Waals surface area (Å²) in [5, 5.41) is 2.59. The molecular weight excluding hydrogens is 709 g/mol. The third-order valence-corrected chi connectivity index (χ3v) is 13.4. The molecule has 0 saturated heterocycles. The molecule has 57 heavy (non-hydrogen) atoms. The van der Waals surface area contributed by atoms with Crippen molar-refractivity contribution in [2.45, 2.75) is 21.6 Å². The van der Waals surface area contributed by atoms with Crippen molar-refractivity contribution in [3.63, 3.8) is 0 Å². The lowest BCUT2D eigenvalue weighted by molar-refractivity contribution is 0.723. The van der Waals surface area contributed by atoms with Gasteiger partial charge < -0.3 is 0 Å². The Morgan fingerprint density at radius 1 is 0.456 bits per heavy atom. The van der Waals surface area contributed by atoms with Crippen molar-refractivity contribution in [2.24, 2.45) is 0 Å². The third-order valence-electron chi connectivity index (χ3n) is 12.1. The second-order valence-corrected chi connectivity index (χ2v) is 16.3. The number of nitrogens with zero attached hydrogens (tertiary/aromatic N) is 2. The van der Waals surface area contributed by atoms with E-state index in [1.807, 2.05) is 11.8 Å². The molecule has 2 aliphatic carbocycles. The molecule has 9 aromatic rings. The van der Waals surface area contributed by atoms with Gasteiger partial charge in [-0.15, -0.1) is 0 Å². The van der Waals surface area contributed by atoms with Crippen molar-refractivity contribution in [3.05, 3.63) is 221 Å². The molecule has 266 valence electrons. The van der Waals surface area contributed by atoms with E-state index in [2.05, 4.69) is 194 Å². The number of rotatable bonds is 4. The number of hydrogen-bond acceptors (Lipinski definition) is 3. The monoisotopic (exact) mass is 742 g/mol. The summed E-state index contributed by atoms with van der Waals surface area (Å²) in [6.07, 6.45) is 5.48. The van der Waals surface area contributed by atoms with Crippen LogP contribution in [0.3, 0.4) is 0 Å². The molecule has 0 saturated carbocycles. The van der Waals surface area contributed by atoms with Gasteiger partial charge >= 0.3 is 0 Å². The van der Waals surface area contributed by atoms with Gasteiger partial charge in [-0.3, -0.25) is 0 Å². The lowest BCUT2D eigenvalue weighted by Crippen LogP contribution is -2.32. The molecule has 0 radical (unpaired) electrons. The predicted molar refractivity (Wildman–Crippen MR) is 235 cm³/mol. The van der Waals surface area contributed by atoms with E-state index in [0.29, 0.717) is 5.82 Å². The van der Waals surface area contributed by atoms with Gasteiger partial charge in [0.15, 0.2) is 5.82 Å². The molecule has 0 bridgehead atoms. The number of hydrogen-bond donors (Lipinski definition) is 0. The Balaban J connectivity index is 1.00. The number of fused-ring (bicyclic) bond motifs is 9. The van der Waals surface area contributed by atoms with Crippen LogP contribution in [-0.2, 0) is 11.8 Å². The van der Waals surface area contributed by atoms with Crippen LogP contribution >= 0.6 is 11.8 Å². The minimum atomic E-state index is -0.402. The molecule has 0 N–H and O–H groups in total. The Morgan fingerprint density at radius 3 is 1.88 bits per heavy atom. The van der Waals surface area contributed by atoms with Crippen LogP contribution in [-0.4, -0.2) is 9.97 Å². The van der Waals surface area contributed by atoms with Crippen molar-refractivity contribution < 1.29 is 0 Å². The first kappa shape index (κ1) is 32.4. The van der Waals surface area contributed by atoms with E-state index < -0.39 is 5.41 Å². The van der Waals surface area contributed by atoms with Gasteiger partial charge in [-0.25, -0.2) is 9.97 Å². The zero-order valence-electron chi connectivity index (χ0n) is 31.0. The van der Waals surface area contributed by atoms with Crippen molar-refractivity contribution >= 4 is 28.6 Å². The molecule has 1 aromatic heterocycles. The summed E-state index contributed by atoms with van der Waals surface area (Å²) >= 11 is 1.89. The van der Waals surface area contributed by atoms with Crippen molar-refractivity contribution in [1.82, 2.24) is 9.97 Å². The molecule has 2 heterocycles. The van der Waals surface area contributed by atoms with Gasteiger partial charge in [-0.05, 0) is 97.1 Å². The number of benzene rings is 8. The third kappa shape index (κ3) is 4.86. The van der Waals surface area contributed by atoms with Crippen molar-refractivity contribution in [3.8, 4) is 56.2 Å². The first-order chi connectivity index (χ1) is 28.2. The normalized spacial score (nSPS) is 13.9. The lowest BCUT2D eigenvalue weighted by Gasteiger charge is -2.40. The second kappa shape index (κ2) is 12.6. The van der Waals surface area contributed by atoms with E-state index in [4.69, 9.17) is 9.97 Å². The van der Waals surface area contributed by atoms with Gasteiger partial charge in [0, 0.05) is 26.5 Å². The number of allylic oxidation sites excluding steroid dienone is 1. The number of aromatic nitrogens is 2. The van der Waals surface area contributed by atoms with Crippen molar-refractivity contribution in [2.75, 3.05) is 0 Å². The molecule has 1 spiro atoms. The summed E-state index contributed by atoms with van der Waals surface area (Å²) in [6, 6.07) is 66.5. The largest absolute Gasteiger partial charge is 0.228 e. The molecule has 2 nitrogen and oxygen atoms in total. The van der Waals surface area contributed by atoms with E-state index in [9.17, 15) is 0 Å². The van der Waals surface area contributed by atoms with Crippen LogP contribution in [0.4, 0.5) is 0 Å². The Bertz CT molecular complexity index is 3080. The molecular formula is C54H34N2S. The highest BCUT2D eigenvalue weighted by Crippen LogP contribution is 2.63. The van der Waals surface area contributed by atoms with E-state index in [1.165, 1.54) is 76.2 Å². The Labute approximate surface area is 336 Å². The molecule has 0 fully saturated rings. The SMILES string of the molecule is C1=Cc2cc(-c3cc(-c4ccccc4)nc(-c4ccc(-c5cccc6c5Sc5ccccc5C65c6ccccc6-c6ccccc65)cc4)n3)cc3cccc(c23)C1. The van der Waals surface area contributed by atoms with E-state index >= 15 is 0 Å². The highest BCUT2D eigenvalue weighted by atomic mass is 32.2. The average Bonchev–Trinajstić information content (AvgIpc) is 3.57. The topological polar surface area (TPSA) is 25.8 Å². The summed E-state index contributed by atoms with van der Waals surface area (Å²) in [4.78, 5) is 13.1. The van der Waals surface area contributed by atoms with Crippen LogP contribution in [0.2, 0.25) is 0 Å². The zero-order chi connectivity index (χ0) is 37.5. The zero-order valence-corrected chi connectivity index (χ0v) is 31.8. The van der Waals surface area contributed by atoms with Gasteiger partial charge in [0.25, 0.3) is 0 Å². The second-order valence-electron chi connectivity index (χ2n) is 15.2. The van der Waals surface area contributed by atoms with Crippen LogP contribution in [0.15, 0.2) is 198 Å². The predicted octanol–water partition coefficient (Wildman–Crippen LogP) is 13.7. The van der Waals surface area contributed by atoms with Gasteiger partial charge in [0.1, 0.15) is 0 Å². The maximum absolute atomic E-state index is 5.27. The summed E-state index contributed by atoms with van der Waals surface area (Å²) in [6.45, 7) is 0. The summed E-state index contributed by atoms with van der Waals surface area (Å²) in [5.41, 5.74) is 17.6. The molecule has 0 atom stereocenters. The van der Waals surface area contributed by atoms with Crippen LogP contribution in [0.5, 0.6) is 0 Å².